The average molecular weight is 244 g/mol. The van der Waals surface area contributed by atoms with Gasteiger partial charge in [0, 0.05) is 5.56 Å². The first-order valence-corrected chi connectivity index (χ1v) is 6.38. The molecule has 2 nitrogen and oxygen atoms in total. The minimum absolute atomic E-state index is 0.224. The third-order valence-corrected chi connectivity index (χ3v) is 3.68. The van der Waals surface area contributed by atoms with Gasteiger partial charge in [-0.25, -0.2) is 0 Å². The molecule has 2 heteroatoms. The molecule has 1 aliphatic rings. The summed E-state index contributed by atoms with van der Waals surface area (Å²) >= 11 is 0. The Morgan fingerprint density at radius 3 is 2.67 bits per heavy atom. The highest BCUT2D eigenvalue weighted by Crippen LogP contribution is 2.43. The van der Waals surface area contributed by atoms with Gasteiger partial charge in [-0.05, 0) is 41.9 Å². The van der Waals surface area contributed by atoms with Crippen molar-refractivity contribution in [3.05, 3.63) is 35.4 Å². The summed E-state index contributed by atoms with van der Waals surface area (Å²) in [5.74, 6) is 0.853. The lowest BCUT2D eigenvalue weighted by Gasteiger charge is -2.31. The molecule has 18 heavy (non-hydrogen) atoms. The lowest BCUT2D eigenvalue weighted by Crippen LogP contribution is -2.18. The second-order valence-corrected chi connectivity index (χ2v) is 5.66. The molecule has 1 aromatic carbocycles. The van der Waals surface area contributed by atoms with Crippen molar-refractivity contribution < 1.29 is 9.53 Å². The molecule has 0 unspecified atom stereocenters. The Labute approximate surface area is 109 Å². The van der Waals surface area contributed by atoms with Crippen LogP contribution in [0.15, 0.2) is 29.8 Å². The average Bonchev–Trinajstić information content (AvgIpc) is 2.37. The first kappa shape index (κ1) is 12.9. The molecule has 2 rings (SSSR count). The molecule has 0 heterocycles. The summed E-state index contributed by atoms with van der Waals surface area (Å²) in [6.45, 7) is 4.44. The Hall–Kier alpha value is -1.57. The number of methoxy groups -OCH3 is 1. The van der Waals surface area contributed by atoms with Crippen LogP contribution >= 0.6 is 0 Å². The van der Waals surface area contributed by atoms with Crippen molar-refractivity contribution in [3.8, 4) is 5.75 Å². The fraction of sp³-hybridized carbons (Fsp3) is 0.438. The van der Waals surface area contributed by atoms with E-state index >= 15 is 0 Å². The van der Waals surface area contributed by atoms with E-state index in [-0.39, 0.29) is 5.41 Å². The third kappa shape index (κ3) is 2.47. The van der Waals surface area contributed by atoms with Gasteiger partial charge >= 0.3 is 0 Å². The molecule has 1 aliphatic carbocycles. The van der Waals surface area contributed by atoms with Crippen LogP contribution in [0.1, 0.15) is 38.7 Å². The van der Waals surface area contributed by atoms with E-state index in [9.17, 15) is 4.79 Å². The molecule has 0 aliphatic heterocycles. The summed E-state index contributed by atoms with van der Waals surface area (Å²) in [5.41, 5.74) is 3.37. The van der Waals surface area contributed by atoms with E-state index in [0.717, 1.165) is 48.0 Å². The van der Waals surface area contributed by atoms with Crippen LogP contribution in [0.25, 0.3) is 5.57 Å². The lowest BCUT2D eigenvalue weighted by atomic mass is 9.73. The fourth-order valence-electron chi connectivity index (χ4n) is 2.65. The molecule has 0 radical (unpaired) electrons. The number of benzene rings is 1. The molecular weight excluding hydrogens is 224 g/mol. The van der Waals surface area contributed by atoms with Gasteiger partial charge in [0.05, 0.1) is 7.11 Å². The molecule has 0 amide bonds. The highest BCUT2D eigenvalue weighted by atomic mass is 16.5. The quantitative estimate of drug-likeness (QED) is 0.755. The number of rotatable bonds is 3. The number of carbonyl (C=O) groups is 1. The van der Waals surface area contributed by atoms with E-state index in [4.69, 9.17) is 4.74 Å². The van der Waals surface area contributed by atoms with E-state index in [1.807, 2.05) is 24.3 Å². The lowest BCUT2D eigenvalue weighted by molar-refractivity contribution is -0.105. The SMILES string of the molecule is COc1ccccc1C1=C(C=O)CC(C)(C)CC1. The van der Waals surface area contributed by atoms with E-state index in [0.29, 0.717) is 0 Å². The Morgan fingerprint density at radius 2 is 2.00 bits per heavy atom. The van der Waals surface area contributed by atoms with Gasteiger partial charge in [0.15, 0.2) is 0 Å². The van der Waals surface area contributed by atoms with Gasteiger partial charge in [-0.3, -0.25) is 4.79 Å². The molecule has 0 spiro atoms. The van der Waals surface area contributed by atoms with Crippen molar-refractivity contribution in [2.75, 3.05) is 7.11 Å². The van der Waals surface area contributed by atoms with Gasteiger partial charge < -0.3 is 4.74 Å². The predicted molar refractivity (Wildman–Crippen MR) is 73.6 cm³/mol. The third-order valence-electron chi connectivity index (χ3n) is 3.68. The zero-order valence-electron chi connectivity index (χ0n) is 11.3. The van der Waals surface area contributed by atoms with E-state index in [1.54, 1.807) is 7.11 Å². The van der Waals surface area contributed by atoms with E-state index < -0.39 is 0 Å². The van der Waals surface area contributed by atoms with Gasteiger partial charge in [0.2, 0.25) is 0 Å². The first-order valence-electron chi connectivity index (χ1n) is 6.38. The summed E-state index contributed by atoms with van der Waals surface area (Å²) in [4.78, 5) is 11.3. The highest BCUT2D eigenvalue weighted by Gasteiger charge is 2.28. The van der Waals surface area contributed by atoms with Crippen LogP contribution < -0.4 is 4.74 Å². The molecule has 0 bridgehead atoms. The van der Waals surface area contributed by atoms with Crippen LogP contribution in [-0.2, 0) is 4.79 Å². The van der Waals surface area contributed by atoms with Crippen molar-refractivity contribution in [1.82, 2.24) is 0 Å². The molecule has 96 valence electrons. The Balaban J connectivity index is 2.48. The number of hydrogen-bond acceptors (Lipinski definition) is 2. The monoisotopic (exact) mass is 244 g/mol. The van der Waals surface area contributed by atoms with Gasteiger partial charge in [0.1, 0.15) is 12.0 Å². The summed E-state index contributed by atoms with van der Waals surface area (Å²) in [7, 11) is 1.67. The standard InChI is InChI=1S/C16H20O2/c1-16(2)9-8-13(12(10-16)11-17)14-6-4-5-7-15(14)18-3/h4-7,11H,8-10H2,1-3H3. The minimum atomic E-state index is 0.224. The fourth-order valence-corrected chi connectivity index (χ4v) is 2.65. The molecule has 0 fully saturated rings. The van der Waals surface area contributed by atoms with Crippen molar-refractivity contribution in [2.45, 2.75) is 33.1 Å². The number of carbonyl (C=O) groups excluding carboxylic acids is 1. The van der Waals surface area contributed by atoms with Crippen LogP contribution in [0.2, 0.25) is 0 Å². The maximum Gasteiger partial charge on any atom is 0.146 e. The predicted octanol–water partition coefficient (Wildman–Crippen LogP) is 3.86. The highest BCUT2D eigenvalue weighted by molar-refractivity contribution is 5.90. The van der Waals surface area contributed by atoms with Gasteiger partial charge in [0.25, 0.3) is 0 Å². The number of aldehydes is 1. The maximum atomic E-state index is 11.3. The van der Waals surface area contributed by atoms with Crippen molar-refractivity contribution >= 4 is 11.9 Å². The zero-order chi connectivity index (χ0) is 13.2. The zero-order valence-corrected chi connectivity index (χ0v) is 11.3. The molecule has 0 aromatic heterocycles. The molecule has 0 saturated carbocycles. The topological polar surface area (TPSA) is 26.3 Å². The molecular formula is C16H20O2. The second kappa shape index (κ2) is 4.97. The van der Waals surface area contributed by atoms with Crippen molar-refractivity contribution in [3.63, 3.8) is 0 Å². The molecule has 0 atom stereocenters. The van der Waals surface area contributed by atoms with Crippen LogP contribution in [0.4, 0.5) is 0 Å². The molecule has 0 N–H and O–H groups in total. The van der Waals surface area contributed by atoms with Crippen LogP contribution in [-0.4, -0.2) is 13.4 Å². The number of allylic oxidation sites excluding steroid dienone is 2. The largest absolute Gasteiger partial charge is 0.496 e. The Kier molecular flexibility index (Phi) is 3.55. The molecule has 1 aromatic rings. The first-order chi connectivity index (χ1) is 8.57. The summed E-state index contributed by atoms with van der Waals surface area (Å²) in [6, 6.07) is 7.93. The van der Waals surface area contributed by atoms with Gasteiger partial charge in [-0.1, -0.05) is 32.0 Å². The smallest absolute Gasteiger partial charge is 0.146 e. The van der Waals surface area contributed by atoms with Gasteiger partial charge in [-0.2, -0.15) is 0 Å². The van der Waals surface area contributed by atoms with E-state index in [2.05, 4.69) is 13.8 Å². The molecule has 0 saturated heterocycles. The summed E-state index contributed by atoms with van der Waals surface area (Å²) < 4.78 is 5.39. The number of ether oxygens (including phenoxy) is 1. The van der Waals surface area contributed by atoms with E-state index in [1.165, 1.54) is 0 Å². The Bertz CT molecular complexity index is 484. The number of para-hydroxylation sites is 1. The number of hydrogen-bond donors (Lipinski definition) is 0. The van der Waals surface area contributed by atoms with Gasteiger partial charge in [-0.15, -0.1) is 0 Å². The maximum absolute atomic E-state index is 11.3. The normalized spacial score (nSPS) is 18.6. The van der Waals surface area contributed by atoms with Crippen molar-refractivity contribution in [2.24, 2.45) is 5.41 Å². The van der Waals surface area contributed by atoms with Crippen molar-refractivity contribution in [1.29, 1.82) is 0 Å². The minimum Gasteiger partial charge on any atom is -0.496 e. The summed E-state index contributed by atoms with van der Waals surface area (Å²) in [6.07, 6.45) is 3.92. The Morgan fingerprint density at radius 1 is 1.28 bits per heavy atom. The second-order valence-electron chi connectivity index (χ2n) is 5.66. The van der Waals surface area contributed by atoms with Crippen LogP contribution in [0.5, 0.6) is 5.75 Å². The van der Waals surface area contributed by atoms with Crippen LogP contribution in [0.3, 0.4) is 0 Å². The van der Waals surface area contributed by atoms with Crippen LogP contribution in [0, 0.1) is 5.41 Å². The summed E-state index contributed by atoms with van der Waals surface area (Å²) in [5, 5.41) is 0.